The molecule has 0 N–H and O–H groups in total. The smallest absolute Gasteiger partial charge is 0.456 e. The number of aromatic nitrogens is 1. The van der Waals surface area contributed by atoms with Gasteiger partial charge in [0.15, 0.2) is 5.78 Å². The van der Waals surface area contributed by atoms with Crippen LogP contribution < -0.4 is 10.3 Å². The Morgan fingerprint density at radius 1 is 1.05 bits per heavy atom. The molecule has 7 nitrogen and oxygen atoms in total. The van der Waals surface area contributed by atoms with Crippen molar-refractivity contribution in [2.24, 2.45) is 0 Å². The Labute approximate surface area is 227 Å². The van der Waals surface area contributed by atoms with Crippen molar-refractivity contribution in [3.8, 4) is 22.9 Å². The molecular weight excluding hydrogens is 537 g/mol. The minimum absolute atomic E-state index is 0.0637. The Kier molecular flexibility index (Phi) is 8.56. The highest BCUT2D eigenvalue weighted by Crippen LogP contribution is 2.37. The molecule has 1 heterocycles. The lowest BCUT2D eigenvalue weighted by molar-refractivity contribution is -0.274. The Hall–Kier alpha value is -4.10. The first kappa shape index (κ1) is 29.5. The van der Waals surface area contributed by atoms with E-state index in [4.69, 9.17) is 16.3 Å². The third-order valence-corrected chi connectivity index (χ3v) is 5.74. The largest absolute Gasteiger partial charge is 0.573 e. The van der Waals surface area contributed by atoms with E-state index in [-0.39, 0.29) is 33.9 Å². The number of Topliss-reactive ketones (excluding diaryl/α,β-unsaturated/α-hetero) is 1. The van der Waals surface area contributed by atoms with Crippen LogP contribution in [0.25, 0.3) is 11.1 Å². The number of hydrogen-bond donors (Lipinski definition) is 0. The topological polar surface area (TPSA) is 98.4 Å². The summed E-state index contributed by atoms with van der Waals surface area (Å²) in [6.45, 7) is 6.71. The zero-order valence-corrected chi connectivity index (χ0v) is 22.2. The Morgan fingerprint density at radius 3 is 2.26 bits per heavy atom. The zero-order chi connectivity index (χ0) is 29.1. The highest BCUT2D eigenvalue weighted by molar-refractivity contribution is 6.31. The first-order valence-electron chi connectivity index (χ1n) is 11.6. The Morgan fingerprint density at radius 2 is 1.69 bits per heavy atom. The molecule has 3 aromatic rings. The van der Waals surface area contributed by atoms with Crippen molar-refractivity contribution in [3.05, 3.63) is 86.8 Å². The van der Waals surface area contributed by atoms with Crippen molar-refractivity contribution in [2.45, 2.75) is 52.1 Å². The minimum atomic E-state index is -5.02. The van der Waals surface area contributed by atoms with Gasteiger partial charge in [-0.1, -0.05) is 23.7 Å². The average Bonchev–Trinajstić information content (AvgIpc) is 2.83. The number of halogens is 4. The highest BCUT2D eigenvalue weighted by Gasteiger charge is 2.33. The van der Waals surface area contributed by atoms with E-state index in [2.05, 4.69) is 4.74 Å². The number of ether oxygens (including phenoxy) is 2. The summed E-state index contributed by atoms with van der Waals surface area (Å²) in [7, 11) is 0. The van der Waals surface area contributed by atoms with Gasteiger partial charge in [0, 0.05) is 34.8 Å². The lowest BCUT2D eigenvalue weighted by atomic mass is 9.99. The molecule has 1 aromatic heterocycles. The van der Waals surface area contributed by atoms with Gasteiger partial charge in [0.05, 0.1) is 17.2 Å². The predicted octanol–water partition coefficient (Wildman–Crippen LogP) is 6.27. The summed E-state index contributed by atoms with van der Waals surface area (Å²) < 4.78 is 49.2. The number of benzene rings is 2. The van der Waals surface area contributed by atoms with E-state index in [1.165, 1.54) is 25.1 Å². The number of rotatable bonds is 7. The molecule has 0 bridgehead atoms. The molecule has 0 aliphatic carbocycles. The van der Waals surface area contributed by atoms with E-state index in [0.717, 1.165) is 29.0 Å². The Bertz CT molecular complexity index is 1500. The molecule has 204 valence electrons. The van der Waals surface area contributed by atoms with Gasteiger partial charge in [-0.15, -0.1) is 13.2 Å². The number of pyridine rings is 1. The van der Waals surface area contributed by atoms with Crippen molar-refractivity contribution in [1.29, 1.82) is 5.26 Å². The van der Waals surface area contributed by atoms with Crippen molar-refractivity contribution >= 4 is 23.4 Å². The monoisotopic (exact) mass is 560 g/mol. The average molecular weight is 561 g/mol. The minimum Gasteiger partial charge on any atom is -0.456 e. The van der Waals surface area contributed by atoms with E-state index >= 15 is 0 Å². The maximum Gasteiger partial charge on any atom is 0.573 e. The third-order valence-electron chi connectivity index (χ3n) is 5.51. The van der Waals surface area contributed by atoms with Crippen LogP contribution in [0, 0.1) is 11.3 Å². The molecule has 0 aliphatic heterocycles. The quantitative estimate of drug-likeness (QED) is 0.316. The molecule has 0 saturated carbocycles. The van der Waals surface area contributed by atoms with Crippen LogP contribution in [0.3, 0.4) is 0 Å². The van der Waals surface area contributed by atoms with E-state index < -0.39 is 35.3 Å². The molecule has 0 saturated heterocycles. The van der Waals surface area contributed by atoms with E-state index in [9.17, 15) is 32.8 Å². The van der Waals surface area contributed by atoms with Crippen molar-refractivity contribution in [3.63, 3.8) is 0 Å². The van der Waals surface area contributed by atoms with Crippen molar-refractivity contribution in [1.82, 2.24) is 4.57 Å². The van der Waals surface area contributed by atoms with Crippen molar-refractivity contribution in [2.75, 3.05) is 0 Å². The molecule has 1 unspecified atom stereocenters. The van der Waals surface area contributed by atoms with Gasteiger partial charge < -0.3 is 14.0 Å². The number of carbonyl (C=O) groups excluding carboxylic acids is 2. The van der Waals surface area contributed by atoms with Crippen LogP contribution in [-0.4, -0.2) is 28.3 Å². The summed E-state index contributed by atoms with van der Waals surface area (Å²) in [6, 6.07) is 11.4. The standard InChI is InChI=1S/C28H24ClF3N2O5/c1-16(23(35)11-17-5-7-18(8-6-17)26(37)39-27(2,3)4)34-15-19(14-33)21(13-25(34)36)22-12-20(29)9-10-24(22)38-28(30,31)32/h5-10,12-13,15-16H,11H2,1-4H3. The van der Waals surface area contributed by atoms with Gasteiger partial charge in [0.25, 0.3) is 5.56 Å². The highest BCUT2D eigenvalue weighted by atomic mass is 35.5. The molecule has 3 rings (SSSR count). The van der Waals surface area contributed by atoms with E-state index in [0.29, 0.717) is 11.1 Å². The van der Waals surface area contributed by atoms with E-state index in [1.807, 2.05) is 6.07 Å². The van der Waals surface area contributed by atoms with Crippen LogP contribution in [0.1, 0.15) is 55.2 Å². The summed E-state index contributed by atoms with van der Waals surface area (Å²) in [5.41, 5.74) is -0.978. The maximum absolute atomic E-state index is 13.0. The number of ketones is 1. The van der Waals surface area contributed by atoms with Crippen LogP contribution in [0.4, 0.5) is 13.2 Å². The second kappa shape index (κ2) is 11.3. The number of hydrogen-bond acceptors (Lipinski definition) is 6. The molecular formula is C28H24ClF3N2O5. The van der Waals surface area contributed by atoms with E-state index in [1.54, 1.807) is 32.9 Å². The number of carbonyl (C=O) groups is 2. The SMILES string of the molecule is CC(C(=O)Cc1ccc(C(=O)OC(C)(C)C)cc1)n1cc(C#N)c(-c2cc(Cl)ccc2OC(F)(F)F)cc1=O. The molecule has 0 radical (unpaired) electrons. The van der Waals surface area contributed by atoms with Gasteiger partial charge in [-0.05, 0) is 63.6 Å². The molecule has 0 aliphatic rings. The first-order valence-corrected chi connectivity index (χ1v) is 12.0. The number of alkyl halides is 3. The number of esters is 1. The van der Waals surface area contributed by atoms with Crippen LogP contribution in [0.15, 0.2) is 59.5 Å². The molecule has 0 fully saturated rings. The zero-order valence-electron chi connectivity index (χ0n) is 21.4. The van der Waals surface area contributed by atoms with Crippen LogP contribution in [0.2, 0.25) is 5.02 Å². The molecule has 0 spiro atoms. The summed E-state index contributed by atoms with van der Waals surface area (Å²) in [6.07, 6.45) is -3.98. The Balaban J connectivity index is 1.88. The van der Waals surface area contributed by atoms with Crippen LogP contribution in [0.5, 0.6) is 5.75 Å². The summed E-state index contributed by atoms with van der Waals surface area (Å²) in [5.74, 6) is -1.52. The first-order chi connectivity index (χ1) is 18.1. The summed E-state index contributed by atoms with van der Waals surface area (Å²) >= 11 is 5.96. The summed E-state index contributed by atoms with van der Waals surface area (Å²) in [5, 5.41) is 9.76. The molecule has 11 heteroatoms. The third kappa shape index (κ3) is 7.71. The normalized spacial score (nSPS) is 12.4. The number of nitriles is 1. The second-order valence-electron chi connectivity index (χ2n) is 9.66. The molecule has 1 atom stereocenters. The maximum atomic E-state index is 13.0. The van der Waals surface area contributed by atoms with Crippen molar-refractivity contribution < 1.29 is 32.2 Å². The lowest BCUT2D eigenvalue weighted by Gasteiger charge is -2.19. The van der Waals surface area contributed by atoms with Gasteiger partial charge in [-0.3, -0.25) is 9.59 Å². The second-order valence-corrected chi connectivity index (χ2v) is 10.1. The lowest BCUT2D eigenvalue weighted by Crippen LogP contribution is -2.29. The fourth-order valence-electron chi connectivity index (χ4n) is 3.69. The molecule has 39 heavy (non-hydrogen) atoms. The fraction of sp³-hybridized carbons (Fsp3) is 0.286. The van der Waals surface area contributed by atoms with Gasteiger partial charge in [-0.2, -0.15) is 5.26 Å². The predicted molar refractivity (Wildman–Crippen MR) is 138 cm³/mol. The van der Waals surface area contributed by atoms with Crippen LogP contribution in [-0.2, 0) is 16.0 Å². The van der Waals surface area contributed by atoms with Gasteiger partial charge >= 0.3 is 12.3 Å². The fourth-order valence-corrected chi connectivity index (χ4v) is 3.86. The van der Waals surface area contributed by atoms with Gasteiger partial charge in [0.1, 0.15) is 17.4 Å². The van der Waals surface area contributed by atoms with Crippen LogP contribution >= 0.6 is 11.6 Å². The molecule has 0 amide bonds. The number of nitrogens with zero attached hydrogens (tertiary/aromatic N) is 2. The molecule has 2 aromatic carbocycles. The summed E-state index contributed by atoms with van der Waals surface area (Å²) in [4.78, 5) is 38.1. The van der Waals surface area contributed by atoms with Gasteiger partial charge in [-0.25, -0.2) is 4.79 Å². The van der Waals surface area contributed by atoms with Gasteiger partial charge in [0.2, 0.25) is 0 Å².